The molecule has 0 aliphatic carbocycles. The van der Waals surface area contributed by atoms with Crippen molar-refractivity contribution in [3.05, 3.63) is 36.1 Å². The van der Waals surface area contributed by atoms with E-state index >= 15 is 0 Å². The summed E-state index contributed by atoms with van der Waals surface area (Å²) in [4.78, 5) is 19.7. The zero-order chi connectivity index (χ0) is 15.7. The molecule has 1 aliphatic rings. The van der Waals surface area contributed by atoms with Gasteiger partial charge in [0.1, 0.15) is 17.7 Å². The van der Waals surface area contributed by atoms with E-state index in [1.165, 1.54) is 12.1 Å². The number of carbonyl (C=O) groups is 1. The Labute approximate surface area is 128 Å². The second-order valence-electron chi connectivity index (χ2n) is 5.54. The van der Waals surface area contributed by atoms with Crippen LogP contribution in [-0.4, -0.2) is 53.2 Å². The molecule has 1 aromatic heterocycles. The lowest BCUT2D eigenvalue weighted by Gasteiger charge is -2.37. The fourth-order valence-corrected chi connectivity index (χ4v) is 2.76. The van der Waals surface area contributed by atoms with Crippen LogP contribution in [-0.2, 0) is 4.79 Å². The Hall–Kier alpha value is -2.21. The molecule has 2 aromatic rings. The number of benzene rings is 1. The summed E-state index contributed by atoms with van der Waals surface area (Å²) in [6, 6.07) is 7.85. The van der Waals surface area contributed by atoms with Crippen molar-refractivity contribution in [1.82, 2.24) is 9.88 Å². The van der Waals surface area contributed by atoms with Crippen LogP contribution >= 0.6 is 0 Å². The summed E-state index contributed by atoms with van der Waals surface area (Å²) in [5, 5.41) is 9.84. The van der Waals surface area contributed by atoms with Crippen molar-refractivity contribution in [1.29, 1.82) is 0 Å². The number of hydrogen-bond acceptors (Lipinski definition) is 4. The first-order valence-electron chi connectivity index (χ1n) is 7.33. The molecule has 6 heteroatoms. The van der Waals surface area contributed by atoms with Crippen LogP contribution in [0.4, 0.5) is 10.2 Å². The second-order valence-corrected chi connectivity index (χ2v) is 5.54. The van der Waals surface area contributed by atoms with Crippen molar-refractivity contribution in [3.63, 3.8) is 0 Å². The first-order valence-corrected chi connectivity index (χ1v) is 7.33. The van der Waals surface area contributed by atoms with Gasteiger partial charge in [-0.3, -0.25) is 9.69 Å². The molecule has 5 nitrogen and oxygen atoms in total. The van der Waals surface area contributed by atoms with Gasteiger partial charge in [0, 0.05) is 31.6 Å². The Balaban J connectivity index is 1.73. The maximum Gasteiger partial charge on any atom is 0.320 e. The van der Waals surface area contributed by atoms with Crippen molar-refractivity contribution in [2.24, 2.45) is 0 Å². The lowest BCUT2D eigenvalue weighted by Crippen LogP contribution is -2.51. The minimum Gasteiger partial charge on any atom is -0.480 e. The van der Waals surface area contributed by atoms with E-state index in [-0.39, 0.29) is 5.82 Å². The molecule has 1 aliphatic heterocycles. The van der Waals surface area contributed by atoms with Gasteiger partial charge < -0.3 is 10.0 Å². The molecule has 3 rings (SSSR count). The summed E-state index contributed by atoms with van der Waals surface area (Å²) in [6.45, 7) is 4.56. The predicted molar refractivity (Wildman–Crippen MR) is 82.6 cm³/mol. The van der Waals surface area contributed by atoms with Crippen molar-refractivity contribution in [2.45, 2.75) is 13.0 Å². The average Bonchev–Trinajstić information content (AvgIpc) is 2.53. The smallest absolute Gasteiger partial charge is 0.320 e. The van der Waals surface area contributed by atoms with Crippen LogP contribution in [0.25, 0.3) is 10.9 Å². The molecule has 1 N–H and O–H groups in total. The molecule has 1 aromatic carbocycles. The summed E-state index contributed by atoms with van der Waals surface area (Å²) < 4.78 is 13.2. The molecule has 116 valence electrons. The summed E-state index contributed by atoms with van der Waals surface area (Å²) in [5.74, 6) is -0.209. The number of carboxylic acid groups (broad SMARTS) is 1. The first kappa shape index (κ1) is 14.7. The Morgan fingerprint density at radius 2 is 1.95 bits per heavy atom. The number of anilines is 1. The number of piperazine rings is 1. The van der Waals surface area contributed by atoms with Crippen LogP contribution < -0.4 is 4.90 Å². The van der Waals surface area contributed by atoms with Crippen LogP contribution in [0.3, 0.4) is 0 Å². The monoisotopic (exact) mass is 303 g/mol. The van der Waals surface area contributed by atoms with E-state index in [1.807, 2.05) is 17.0 Å². The quantitative estimate of drug-likeness (QED) is 0.939. The number of halogens is 1. The third kappa shape index (κ3) is 2.87. The fourth-order valence-electron chi connectivity index (χ4n) is 2.76. The van der Waals surface area contributed by atoms with E-state index in [0.717, 1.165) is 29.8 Å². The molecule has 22 heavy (non-hydrogen) atoms. The number of nitrogens with zero attached hydrogens (tertiary/aromatic N) is 3. The highest BCUT2D eigenvalue weighted by atomic mass is 19.1. The van der Waals surface area contributed by atoms with Gasteiger partial charge in [-0.15, -0.1) is 0 Å². The zero-order valence-corrected chi connectivity index (χ0v) is 12.4. The van der Waals surface area contributed by atoms with E-state index in [0.29, 0.717) is 13.1 Å². The van der Waals surface area contributed by atoms with Crippen molar-refractivity contribution in [2.75, 3.05) is 31.1 Å². The Kier molecular flexibility index (Phi) is 3.94. The van der Waals surface area contributed by atoms with Gasteiger partial charge in [-0.2, -0.15) is 0 Å². The van der Waals surface area contributed by atoms with Gasteiger partial charge in [-0.25, -0.2) is 9.37 Å². The second kappa shape index (κ2) is 5.88. The van der Waals surface area contributed by atoms with E-state index < -0.39 is 12.0 Å². The third-order valence-corrected chi connectivity index (χ3v) is 4.18. The molecule has 0 bridgehead atoms. The van der Waals surface area contributed by atoms with Crippen LogP contribution in [0.5, 0.6) is 0 Å². The summed E-state index contributed by atoms with van der Waals surface area (Å²) in [6.07, 6.45) is 0. The Morgan fingerprint density at radius 1 is 1.23 bits per heavy atom. The lowest BCUT2D eigenvalue weighted by molar-refractivity contribution is -0.142. The van der Waals surface area contributed by atoms with E-state index in [1.54, 1.807) is 13.0 Å². The molecular formula is C16H18FN3O2. The molecule has 1 atom stereocenters. The van der Waals surface area contributed by atoms with Gasteiger partial charge in [-0.05, 0) is 37.3 Å². The normalized spacial score (nSPS) is 17.6. The summed E-state index contributed by atoms with van der Waals surface area (Å²) >= 11 is 0. The topological polar surface area (TPSA) is 56.7 Å². The number of hydrogen-bond donors (Lipinski definition) is 1. The van der Waals surface area contributed by atoms with E-state index in [2.05, 4.69) is 9.88 Å². The molecule has 1 unspecified atom stereocenters. The third-order valence-electron chi connectivity index (χ3n) is 4.18. The van der Waals surface area contributed by atoms with Gasteiger partial charge in [0.25, 0.3) is 0 Å². The van der Waals surface area contributed by atoms with Gasteiger partial charge in [0.15, 0.2) is 0 Å². The number of carboxylic acids is 1. The number of pyridine rings is 1. The van der Waals surface area contributed by atoms with Gasteiger partial charge in [0.2, 0.25) is 0 Å². The molecule has 0 spiro atoms. The van der Waals surface area contributed by atoms with Crippen LogP contribution in [0.1, 0.15) is 6.92 Å². The maximum atomic E-state index is 13.2. The molecule has 2 heterocycles. The lowest BCUT2D eigenvalue weighted by atomic mass is 10.2. The SMILES string of the molecule is CC(C(=O)O)N1CCN(c2ccc3cc(F)ccc3n2)CC1. The van der Waals surface area contributed by atoms with E-state index in [4.69, 9.17) is 5.11 Å². The maximum absolute atomic E-state index is 13.2. The fraction of sp³-hybridized carbons (Fsp3) is 0.375. The molecule has 1 saturated heterocycles. The first-order chi connectivity index (χ1) is 10.5. The molecule has 0 radical (unpaired) electrons. The minimum atomic E-state index is -0.792. The number of fused-ring (bicyclic) bond motifs is 1. The summed E-state index contributed by atoms with van der Waals surface area (Å²) in [7, 11) is 0. The highest BCUT2D eigenvalue weighted by molar-refractivity contribution is 5.80. The number of rotatable bonds is 3. The summed E-state index contributed by atoms with van der Waals surface area (Å²) in [5.41, 5.74) is 0.764. The highest BCUT2D eigenvalue weighted by Gasteiger charge is 2.25. The Morgan fingerprint density at radius 3 is 2.64 bits per heavy atom. The van der Waals surface area contributed by atoms with Gasteiger partial charge in [0.05, 0.1) is 5.52 Å². The molecule has 1 fully saturated rings. The minimum absolute atomic E-state index is 0.265. The van der Waals surface area contributed by atoms with Crippen molar-refractivity contribution < 1.29 is 14.3 Å². The highest BCUT2D eigenvalue weighted by Crippen LogP contribution is 2.20. The van der Waals surface area contributed by atoms with E-state index in [9.17, 15) is 9.18 Å². The van der Waals surface area contributed by atoms with Gasteiger partial charge >= 0.3 is 5.97 Å². The standard InChI is InChI=1S/C16H18FN3O2/c1-11(16(21)22)19-6-8-20(9-7-19)15-5-2-12-10-13(17)3-4-14(12)18-15/h2-5,10-11H,6-9H2,1H3,(H,21,22). The van der Waals surface area contributed by atoms with Crippen LogP contribution in [0.2, 0.25) is 0 Å². The van der Waals surface area contributed by atoms with Crippen molar-refractivity contribution in [3.8, 4) is 0 Å². The largest absolute Gasteiger partial charge is 0.480 e. The average molecular weight is 303 g/mol. The van der Waals surface area contributed by atoms with Crippen LogP contribution in [0.15, 0.2) is 30.3 Å². The molecular weight excluding hydrogens is 285 g/mol. The van der Waals surface area contributed by atoms with Crippen molar-refractivity contribution >= 4 is 22.7 Å². The predicted octanol–water partition coefficient (Wildman–Crippen LogP) is 1.97. The molecule has 0 saturated carbocycles. The molecule has 0 amide bonds. The number of aliphatic carboxylic acids is 1. The van der Waals surface area contributed by atoms with Crippen LogP contribution in [0, 0.1) is 5.82 Å². The number of aromatic nitrogens is 1. The van der Waals surface area contributed by atoms with Gasteiger partial charge in [-0.1, -0.05) is 0 Å². The zero-order valence-electron chi connectivity index (χ0n) is 12.4. The Bertz CT molecular complexity index is 699.